The van der Waals surface area contributed by atoms with E-state index in [1.807, 2.05) is 19.1 Å². The van der Waals surface area contributed by atoms with Gasteiger partial charge in [-0.15, -0.1) is 0 Å². The van der Waals surface area contributed by atoms with Crippen LogP contribution in [0.3, 0.4) is 0 Å². The second-order valence-corrected chi connectivity index (χ2v) is 7.65. The fourth-order valence-electron chi connectivity index (χ4n) is 3.95. The third-order valence-electron chi connectivity index (χ3n) is 5.79. The van der Waals surface area contributed by atoms with Gasteiger partial charge >= 0.3 is 6.03 Å². The van der Waals surface area contributed by atoms with Gasteiger partial charge in [-0.3, -0.25) is 0 Å². The van der Waals surface area contributed by atoms with E-state index >= 15 is 0 Å². The molecule has 0 aromatic heterocycles. The van der Waals surface area contributed by atoms with Crippen LogP contribution in [0.2, 0.25) is 0 Å². The number of methoxy groups -OCH3 is 2. The Morgan fingerprint density at radius 1 is 1.10 bits per heavy atom. The van der Waals surface area contributed by atoms with Crippen molar-refractivity contribution < 1.29 is 14.3 Å². The normalized spacial score (nSPS) is 18.0. The first-order valence-electron chi connectivity index (χ1n) is 10.3. The Labute approximate surface area is 177 Å². The number of hydrogen-bond acceptors (Lipinski definition) is 5. The summed E-state index contributed by atoms with van der Waals surface area (Å²) in [6, 6.07) is 12.0. The van der Waals surface area contributed by atoms with Crippen LogP contribution in [0.4, 0.5) is 10.5 Å². The smallest absolute Gasteiger partial charge is 0.337 e. The Bertz CT molecular complexity index is 967. The van der Waals surface area contributed by atoms with Crippen molar-refractivity contribution in [2.75, 3.05) is 39.3 Å². The van der Waals surface area contributed by atoms with Gasteiger partial charge < -0.3 is 19.7 Å². The van der Waals surface area contributed by atoms with Gasteiger partial charge in [-0.1, -0.05) is 12.1 Å². The SMILES string of the molecule is CNC(=O)N1N=C(c2ccc(N3CCC3)cc2)c2cc(OC)c(OC)cc2C[C@H]1C. The van der Waals surface area contributed by atoms with Crippen LogP contribution in [0.15, 0.2) is 41.5 Å². The molecule has 7 nitrogen and oxygen atoms in total. The first-order chi connectivity index (χ1) is 14.5. The molecule has 0 bridgehead atoms. The Morgan fingerprint density at radius 2 is 1.77 bits per heavy atom. The topological polar surface area (TPSA) is 66.4 Å². The van der Waals surface area contributed by atoms with E-state index in [9.17, 15) is 4.79 Å². The summed E-state index contributed by atoms with van der Waals surface area (Å²) in [5.41, 5.74) is 4.92. The molecule has 1 fully saturated rings. The number of nitrogens with one attached hydrogen (secondary N) is 1. The van der Waals surface area contributed by atoms with Gasteiger partial charge in [-0.25, -0.2) is 9.80 Å². The number of hydrazone groups is 1. The van der Waals surface area contributed by atoms with Crippen molar-refractivity contribution in [1.29, 1.82) is 0 Å². The van der Waals surface area contributed by atoms with Gasteiger partial charge in [0.05, 0.1) is 26.0 Å². The first-order valence-corrected chi connectivity index (χ1v) is 10.3. The molecule has 2 amide bonds. The van der Waals surface area contributed by atoms with Crippen molar-refractivity contribution in [1.82, 2.24) is 10.3 Å². The molecule has 0 radical (unpaired) electrons. The van der Waals surface area contributed by atoms with Crippen molar-refractivity contribution in [3.63, 3.8) is 0 Å². The zero-order chi connectivity index (χ0) is 21.3. The highest BCUT2D eigenvalue weighted by atomic mass is 16.5. The van der Waals surface area contributed by atoms with Crippen molar-refractivity contribution in [3.05, 3.63) is 53.1 Å². The number of anilines is 1. The van der Waals surface area contributed by atoms with E-state index in [1.165, 1.54) is 17.1 Å². The average molecular weight is 409 g/mol. The summed E-state index contributed by atoms with van der Waals surface area (Å²) in [5, 5.41) is 9.03. The number of benzene rings is 2. The van der Waals surface area contributed by atoms with Crippen LogP contribution < -0.4 is 19.7 Å². The molecule has 7 heteroatoms. The Balaban J connectivity index is 1.84. The Morgan fingerprint density at radius 3 is 2.33 bits per heavy atom. The Hall–Kier alpha value is -3.22. The third-order valence-corrected chi connectivity index (χ3v) is 5.79. The van der Waals surface area contributed by atoms with Gasteiger partial charge in [0, 0.05) is 37.0 Å². The molecular formula is C23H28N4O3. The van der Waals surface area contributed by atoms with Gasteiger partial charge in [0.25, 0.3) is 0 Å². The Kier molecular flexibility index (Phi) is 5.53. The molecule has 2 aromatic carbocycles. The molecule has 4 rings (SSSR count). The fourth-order valence-corrected chi connectivity index (χ4v) is 3.95. The predicted molar refractivity (Wildman–Crippen MR) is 118 cm³/mol. The third kappa shape index (κ3) is 3.56. The second-order valence-electron chi connectivity index (χ2n) is 7.65. The average Bonchev–Trinajstić information content (AvgIpc) is 2.87. The van der Waals surface area contributed by atoms with Crippen LogP contribution in [0.5, 0.6) is 11.5 Å². The van der Waals surface area contributed by atoms with Crippen molar-refractivity contribution in [2.45, 2.75) is 25.8 Å². The summed E-state index contributed by atoms with van der Waals surface area (Å²) < 4.78 is 11.1. The van der Waals surface area contributed by atoms with Crippen LogP contribution in [-0.2, 0) is 6.42 Å². The zero-order valence-corrected chi connectivity index (χ0v) is 17.9. The summed E-state index contributed by atoms with van der Waals surface area (Å²) in [7, 11) is 4.87. The maximum atomic E-state index is 12.5. The van der Waals surface area contributed by atoms with Crippen LogP contribution in [0.1, 0.15) is 30.0 Å². The number of carbonyl (C=O) groups is 1. The van der Waals surface area contributed by atoms with E-state index < -0.39 is 0 Å². The van der Waals surface area contributed by atoms with Gasteiger partial charge in [0.15, 0.2) is 11.5 Å². The van der Waals surface area contributed by atoms with Crippen LogP contribution in [0.25, 0.3) is 0 Å². The molecule has 30 heavy (non-hydrogen) atoms. The van der Waals surface area contributed by atoms with Gasteiger partial charge in [0.2, 0.25) is 0 Å². The molecule has 0 aliphatic carbocycles. The summed E-state index contributed by atoms with van der Waals surface area (Å²) in [6.07, 6.45) is 1.89. The van der Waals surface area contributed by atoms with Crippen molar-refractivity contribution >= 4 is 17.4 Å². The highest BCUT2D eigenvalue weighted by Gasteiger charge is 2.28. The van der Waals surface area contributed by atoms with E-state index in [0.717, 1.165) is 35.5 Å². The minimum absolute atomic E-state index is 0.111. The minimum atomic E-state index is -0.232. The van der Waals surface area contributed by atoms with E-state index in [1.54, 1.807) is 21.3 Å². The van der Waals surface area contributed by atoms with Crippen molar-refractivity contribution in [3.8, 4) is 11.5 Å². The number of rotatable bonds is 4. The molecule has 0 saturated carbocycles. The molecule has 158 valence electrons. The number of fused-ring (bicyclic) bond motifs is 1. The fraction of sp³-hybridized carbons (Fsp3) is 0.391. The zero-order valence-electron chi connectivity index (χ0n) is 17.9. The van der Waals surface area contributed by atoms with Gasteiger partial charge in [0.1, 0.15) is 0 Å². The molecule has 1 atom stereocenters. The lowest BCUT2D eigenvalue weighted by molar-refractivity contribution is 0.184. The number of hydrogen-bond donors (Lipinski definition) is 1. The monoisotopic (exact) mass is 408 g/mol. The maximum absolute atomic E-state index is 12.5. The first kappa shape index (κ1) is 20.1. The van der Waals surface area contributed by atoms with E-state index in [0.29, 0.717) is 17.9 Å². The van der Waals surface area contributed by atoms with Crippen molar-refractivity contribution in [2.24, 2.45) is 5.10 Å². The highest BCUT2D eigenvalue weighted by Crippen LogP contribution is 2.35. The molecule has 1 saturated heterocycles. The summed E-state index contributed by atoms with van der Waals surface area (Å²) in [6.45, 7) is 4.19. The lowest BCUT2D eigenvalue weighted by Crippen LogP contribution is -2.41. The molecule has 0 unspecified atom stereocenters. The van der Waals surface area contributed by atoms with Crippen LogP contribution >= 0.6 is 0 Å². The quantitative estimate of drug-likeness (QED) is 0.843. The van der Waals surface area contributed by atoms with Crippen LogP contribution in [0, 0.1) is 0 Å². The second kappa shape index (κ2) is 8.26. The van der Waals surface area contributed by atoms with Gasteiger partial charge in [-0.05, 0) is 49.6 Å². The van der Waals surface area contributed by atoms with E-state index in [-0.39, 0.29) is 12.1 Å². The minimum Gasteiger partial charge on any atom is -0.493 e. The van der Waals surface area contributed by atoms with E-state index in [4.69, 9.17) is 14.6 Å². The predicted octanol–water partition coefficient (Wildman–Crippen LogP) is 3.25. The molecule has 0 spiro atoms. The molecule has 2 aliphatic heterocycles. The van der Waals surface area contributed by atoms with Crippen LogP contribution in [-0.4, -0.2) is 57.2 Å². The molecular weight excluding hydrogens is 380 g/mol. The highest BCUT2D eigenvalue weighted by molar-refractivity contribution is 6.14. The molecule has 1 N–H and O–H groups in total. The largest absolute Gasteiger partial charge is 0.493 e. The van der Waals surface area contributed by atoms with E-state index in [2.05, 4.69) is 34.5 Å². The summed E-state index contributed by atoms with van der Waals surface area (Å²) in [4.78, 5) is 14.9. The number of nitrogens with zero attached hydrogens (tertiary/aromatic N) is 3. The summed E-state index contributed by atoms with van der Waals surface area (Å²) in [5.74, 6) is 1.31. The number of ether oxygens (including phenoxy) is 2. The number of carbonyl (C=O) groups excluding carboxylic acids is 1. The molecule has 2 aromatic rings. The number of amides is 2. The molecule has 2 heterocycles. The lowest BCUT2D eigenvalue weighted by atomic mass is 9.93. The molecule has 2 aliphatic rings. The maximum Gasteiger partial charge on any atom is 0.337 e. The number of urea groups is 1. The lowest BCUT2D eigenvalue weighted by Gasteiger charge is -2.33. The van der Waals surface area contributed by atoms with Gasteiger partial charge in [-0.2, -0.15) is 5.10 Å². The standard InChI is InChI=1S/C23H28N4O3/c1-15-12-17-13-20(29-3)21(30-4)14-19(17)22(25-27(15)23(28)24-2)16-6-8-18(9-7-16)26-10-5-11-26/h6-9,13-15H,5,10-12H2,1-4H3,(H,24,28)/t15-/m1/s1. The summed E-state index contributed by atoms with van der Waals surface area (Å²) >= 11 is 0.